The predicted molar refractivity (Wildman–Crippen MR) is 147 cm³/mol. The van der Waals surface area contributed by atoms with E-state index < -0.39 is 0 Å². The maximum atomic E-state index is 13.4. The van der Waals surface area contributed by atoms with Crippen molar-refractivity contribution in [2.45, 2.75) is 24.8 Å². The Kier molecular flexibility index (Phi) is 7.19. The lowest BCUT2D eigenvalue weighted by Gasteiger charge is -2.26. The topological polar surface area (TPSA) is 44.4 Å². The molecule has 1 amide bonds. The van der Waals surface area contributed by atoms with Gasteiger partial charge in [0.25, 0.3) is 5.91 Å². The summed E-state index contributed by atoms with van der Waals surface area (Å²) in [6.07, 6.45) is 0. The Labute approximate surface area is 211 Å². The van der Waals surface area contributed by atoms with E-state index in [0.717, 1.165) is 54.0 Å². The molecule has 4 aromatic carbocycles. The zero-order valence-corrected chi connectivity index (χ0v) is 21.1. The molecular weight excluding hydrogens is 450 g/mol. The van der Waals surface area contributed by atoms with Gasteiger partial charge in [0.15, 0.2) is 0 Å². The van der Waals surface area contributed by atoms with Gasteiger partial charge in [-0.15, -0.1) is 0 Å². The fourth-order valence-corrected chi connectivity index (χ4v) is 5.63. The molecule has 1 aliphatic rings. The van der Waals surface area contributed by atoms with Gasteiger partial charge in [0.05, 0.1) is 6.04 Å². The largest absolute Gasteiger partial charge is 0.345 e. The first kappa shape index (κ1) is 23.6. The van der Waals surface area contributed by atoms with Crippen LogP contribution in [-0.2, 0) is 0 Å². The van der Waals surface area contributed by atoms with Crippen molar-refractivity contribution in [1.29, 1.82) is 0 Å². The van der Waals surface area contributed by atoms with Crippen LogP contribution in [0, 0.1) is 6.92 Å². The van der Waals surface area contributed by atoms with Crippen molar-refractivity contribution in [2.75, 3.05) is 26.2 Å². The molecule has 1 unspecified atom stereocenters. The second-order valence-electron chi connectivity index (χ2n) is 9.09. The van der Waals surface area contributed by atoms with Crippen LogP contribution in [0.15, 0.2) is 89.8 Å². The highest BCUT2D eigenvalue weighted by molar-refractivity contribution is 7.97. The smallest absolute Gasteiger partial charge is 0.252 e. The summed E-state index contributed by atoms with van der Waals surface area (Å²) in [4.78, 5) is 14.6. The zero-order valence-electron chi connectivity index (χ0n) is 20.3. The SMILES string of the molecule is Cc1ccc(-c2cccc(SN3CCNCC3)c2)cc1C(=O)NC(C)c1cccc2ccccc12. The van der Waals surface area contributed by atoms with E-state index >= 15 is 0 Å². The molecule has 1 aliphatic heterocycles. The van der Waals surface area contributed by atoms with E-state index in [2.05, 4.69) is 82.5 Å². The van der Waals surface area contributed by atoms with Gasteiger partial charge >= 0.3 is 0 Å². The van der Waals surface area contributed by atoms with Gasteiger partial charge in [-0.1, -0.05) is 66.7 Å². The number of benzene rings is 4. The number of carbonyl (C=O) groups excluding carboxylic acids is 1. The van der Waals surface area contributed by atoms with Crippen LogP contribution in [0.5, 0.6) is 0 Å². The number of hydrogen-bond acceptors (Lipinski definition) is 4. The molecule has 35 heavy (non-hydrogen) atoms. The molecule has 5 rings (SSSR count). The number of hydrogen-bond donors (Lipinski definition) is 2. The van der Waals surface area contributed by atoms with Gasteiger partial charge in [-0.25, -0.2) is 4.31 Å². The second kappa shape index (κ2) is 10.6. The number of nitrogens with one attached hydrogen (secondary N) is 2. The molecule has 1 heterocycles. The fraction of sp³-hybridized carbons (Fsp3) is 0.233. The molecule has 1 saturated heterocycles. The van der Waals surface area contributed by atoms with Crippen molar-refractivity contribution in [3.8, 4) is 11.1 Å². The van der Waals surface area contributed by atoms with Gasteiger partial charge in [-0.05, 0) is 77.0 Å². The Balaban J connectivity index is 1.36. The van der Waals surface area contributed by atoms with Gasteiger partial charge in [0, 0.05) is 36.6 Å². The highest BCUT2D eigenvalue weighted by atomic mass is 32.2. The number of nitrogens with zero attached hydrogens (tertiary/aromatic N) is 1. The van der Waals surface area contributed by atoms with Crippen molar-refractivity contribution < 1.29 is 4.79 Å². The Morgan fingerprint density at radius 1 is 0.914 bits per heavy atom. The first-order chi connectivity index (χ1) is 17.1. The van der Waals surface area contributed by atoms with Crippen LogP contribution in [0.25, 0.3) is 21.9 Å². The highest BCUT2D eigenvalue weighted by Crippen LogP contribution is 2.30. The number of carbonyl (C=O) groups is 1. The number of aryl methyl sites for hydroxylation is 1. The van der Waals surface area contributed by atoms with Crippen molar-refractivity contribution in [3.63, 3.8) is 0 Å². The third-order valence-corrected chi connectivity index (χ3v) is 7.69. The fourth-order valence-electron chi connectivity index (χ4n) is 4.64. The van der Waals surface area contributed by atoms with E-state index in [9.17, 15) is 4.79 Å². The van der Waals surface area contributed by atoms with E-state index in [1.54, 1.807) is 0 Å². The normalized spacial score (nSPS) is 15.1. The van der Waals surface area contributed by atoms with Crippen LogP contribution >= 0.6 is 11.9 Å². The molecule has 2 N–H and O–H groups in total. The molecule has 1 fully saturated rings. The van der Waals surface area contributed by atoms with Gasteiger partial charge in [-0.2, -0.15) is 0 Å². The maximum absolute atomic E-state index is 13.4. The molecule has 0 radical (unpaired) electrons. The second-order valence-corrected chi connectivity index (χ2v) is 10.3. The minimum absolute atomic E-state index is 0.0452. The highest BCUT2D eigenvalue weighted by Gasteiger charge is 2.17. The first-order valence-electron chi connectivity index (χ1n) is 12.2. The summed E-state index contributed by atoms with van der Waals surface area (Å²) in [5, 5.41) is 8.99. The standard InChI is InChI=1S/C30H31N3OS/c1-21-13-14-25(24-9-5-10-26(19-24)35-33-17-15-31-16-18-33)20-29(21)30(34)32-22(2)27-12-6-8-23-7-3-4-11-28(23)27/h3-14,19-20,22,31H,15-18H2,1-2H3,(H,32,34). The average Bonchev–Trinajstić information content (AvgIpc) is 2.89. The molecule has 1 atom stereocenters. The van der Waals surface area contributed by atoms with Gasteiger partial charge in [0.1, 0.15) is 0 Å². The van der Waals surface area contributed by atoms with E-state index in [-0.39, 0.29) is 11.9 Å². The van der Waals surface area contributed by atoms with Crippen LogP contribution in [0.1, 0.15) is 34.5 Å². The lowest BCUT2D eigenvalue weighted by molar-refractivity contribution is 0.0939. The van der Waals surface area contributed by atoms with E-state index in [4.69, 9.17) is 0 Å². The van der Waals surface area contributed by atoms with Crippen LogP contribution in [0.3, 0.4) is 0 Å². The molecule has 0 aliphatic carbocycles. The third-order valence-electron chi connectivity index (χ3n) is 6.60. The predicted octanol–water partition coefficient (Wildman–Crippen LogP) is 6.22. The van der Waals surface area contributed by atoms with Gasteiger partial charge in [-0.3, -0.25) is 4.79 Å². The molecule has 5 heteroatoms. The lowest BCUT2D eigenvalue weighted by Crippen LogP contribution is -2.39. The summed E-state index contributed by atoms with van der Waals surface area (Å²) < 4.78 is 2.40. The minimum Gasteiger partial charge on any atom is -0.345 e. The quantitative estimate of drug-likeness (QED) is 0.321. The van der Waals surface area contributed by atoms with Crippen molar-refractivity contribution in [1.82, 2.24) is 14.9 Å². The molecule has 178 valence electrons. The molecule has 4 nitrogen and oxygen atoms in total. The van der Waals surface area contributed by atoms with Crippen molar-refractivity contribution in [3.05, 3.63) is 102 Å². The Morgan fingerprint density at radius 2 is 1.66 bits per heavy atom. The first-order valence-corrected chi connectivity index (χ1v) is 13.0. The average molecular weight is 482 g/mol. The summed E-state index contributed by atoms with van der Waals surface area (Å²) in [7, 11) is 0. The third kappa shape index (κ3) is 5.43. The van der Waals surface area contributed by atoms with Gasteiger partial charge < -0.3 is 10.6 Å². The van der Waals surface area contributed by atoms with E-state index in [1.807, 2.05) is 43.1 Å². The summed E-state index contributed by atoms with van der Waals surface area (Å²) in [6.45, 7) is 8.19. The molecule has 0 aromatic heterocycles. The van der Waals surface area contributed by atoms with Crippen LogP contribution in [0.2, 0.25) is 0 Å². The van der Waals surface area contributed by atoms with E-state index in [0.29, 0.717) is 0 Å². The lowest BCUT2D eigenvalue weighted by atomic mass is 9.97. The molecule has 0 spiro atoms. The van der Waals surface area contributed by atoms with Crippen LogP contribution < -0.4 is 10.6 Å². The number of rotatable bonds is 6. The summed E-state index contributed by atoms with van der Waals surface area (Å²) in [6, 6.07) is 29.2. The molecular formula is C30H31N3OS. The van der Waals surface area contributed by atoms with Gasteiger partial charge in [0.2, 0.25) is 0 Å². The molecule has 0 saturated carbocycles. The Hall–Kier alpha value is -3.12. The summed E-state index contributed by atoms with van der Waals surface area (Å²) in [5.41, 5.74) is 5.00. The number of fused-ring (bicyclic) bond motifs is 1. The zero-order chi connectivity index (χ0) is 24.2. The number of amides is 1. The molecule has 0 bridgehead atoms. The maximum Gasteiger partial charge on any atom is 0.252 e. The summed E-state index contributed by atoms with van der Waals surface area (Å²) in [5.74, 6) is -0.0452. The van der Waals surface area contributed by atoms with Crippen LogP contribution in [0.4, 0.5) is 0 Å². The van der Waals surface area contributed by atoms with Crippen molar-refractivity contribution >= 4 is 28.6 Å². The number of piperazine rings is 1. The Morgan fingerprint density at radius 3 is 2.51 bits per heavy atom. The summed E-state index contributed by atoms with van der Waals surface area (Å²) >= 11 is 1.81. The van der Waals surface area contributed by atoms with E-state index in [1.165, 1.54) is 15.7 Å². The van der Waals surface area contributed by atoms with Crippen LogP contribution in [-0.4, -0.2) is 36.4 Å². The van der Waals surface area contributed by atoms with Crippen molar-refractivity contribution in [2.24, 2.45) is 0 Å². The minimum atomic E-state index is -0.101. The Bertz CT molecular complexity index is 1340. The molecule has 4 aromatic rings. The monoisotopic (exact) mass is 481 g/mol.